The van der Waals surface area contributed by atoms with Crippen molar-refractivity contribution in [3.63, 3.8) is 0 Å². The number of nitrogens with zero attached hydrogens (tertiary/aromatic N) is 3. The minimum absolute atomic E-state index is 0.0419. The van der Waals surface area contributed by atoms with E-state index in [0.29, 0.717) is 0 Å². The second kappa shape index (κ2) is 9.64. The van der Waals surface area contributed by atoms with E-state index in [4.69, 9.17) is 33.2 Å². The Hall–Kier alpha value is -2.67. The predicted molar refractivity (Wildman–Crippen MR) is 110 cm³/mol. The highest BCUT2D eigenvalue weighted by Crippen LogP contribution is 2.36. The van der Waals surface area contributed by atoms with Crippen LogP contribution in [-0.4, -0.2) is 15.8 Å². The summed E-state index contributed by atoms with van der Waals surface area (Å²) in [6.07, 6.45) is -2.12. The SMILES string of the molecule is N#Cc1cc(Oc2c(Br)ccc(CC(=O)c3cnc(Cl)nc3Cl)c2F)cc(C(F)F)c1. The van der Waals surface area contributed by atoms with Crippen molar-refractivity contribution in [2.75, 3.05) is 0 Å². The Morgan fingerprint density at radius 3 is 2.65 bits per heavy atom. The van der Waals surface area contributed by atoms with Crippen molar-refractivity contribution < 1.29 is 22.7 Å². The number of ketones is 1. The van der Waals surface area contributed by atoms with E-state index in [0.717, 1.165) is 18.3 Å². The van der Waals surface area contributed by atoms with Gasteiger partial charge in [0, 0.05) is 18.2 Å². The maximum atomic E-state index is 15.1. The van der Waals surface area contributed by atoms with Gasteiger partial charge in [0.25, 0.3) is 6.43 Å². The smallest absolute Gasteiger partial charge is 0.264 e. The minimum Gasteiger partial charge on any atom is -0.453 e. The molecule has 0 N–H and O–H groups in total. The zero-order chi connectivity index (χ0) is 22.7. The van der Waals surface area contributed by atoms with Crippen LogP contribution in [0.2, 0.25) is 10.4 Å². The van der Waals surface area contributed by atoms with Crippen LogP contribution in [0, 0.1) is 17.1 Å². The number of hydrogen-bond acceptors (Lipinski definition) is 5. The Labute approximate surface area is 192 Å². The Bertz CT molecular complexity index is 1220. The first-order valence-corrected chi connectivity index (χ1v) is 9.93. The molecular formula is C20H9BrCl2F3N3O2. The number of carbonyl (C=O) groups is 1. The summed E-state index contributed by atoms with van der Waals surface area (Å²) in [7, 11) is 0. The van der Waals surface area contributed by atoms with Crippen molar-refractivity contribution in [2.45, 2.75) is 12.8 Å². The lowest BCUT2D eigenvalue weighted by atomic mass is 10.0. The molecule has 0 saturated heterocycles. The quantitative estimate of drug-likeness (QED) is 0.201. The molecule has 0 aliphatic carbocycles. The van der Waals surface area contributed by atoms with Crippen molar-refractivity contribution >= 4 is 44.9 Å². The number of Topliss-reactive ketones (excluding diaryl/α,β-unsaturated/α-hetero) is 1. The Balaban J connectivity index is 1.94. The summed E-state index contributed by atoms with van der Waals surface area (Å²) in [5.41, 5.74) is -0.610. The van der Waals surface area contributed by atoms with Crippen LogP contribution in [0.3, 0.4) is 0 Å². The van der Waals surface area contributed by atoms with Crippen molar-refractivity contribution in [1.82, 2.24) is 9.97 Å². The average Bonchev–Trinajstić information content (AvgIpc) is 2.72. The third-order valence-corrected chi connectivity index (χ3v) is 5.12. The topological polar surface area (TPSA) is 75.9 Å². The van der Waals surface area contributed by atoms with Crippen molar-refractivity contribution in [3.05, 3.63) is 79.5 Å². The molecule has 5 nitrogen and oxygen atoms in total. The second-order valence-corrected chi connectivity index (χ2v) is 7.65. The van der Waals surface area contributed by atoms with Gasteiger partial charge in [-0.1, -0.05) is 17.7 Å². The Morgan fingerprint density at radius 1 is 1.26 bits per heavy atom. The molecule has 31 heavy (non-hydrogen) atoms. The first kappa shape index (κ1) is 23.0. The molecule has 2 aromatic carbocycles. The second-order valence-electron chi connectivity index (χ2n) is 6.10. The van der Waals surface area contributed by atoms with E-state index < -0.39 is 30.0 Å². The van der Waals surface area contributed by atoms with Gasteiger partial charge in [0.2, 0.25) is 5.28 Å². The monoisotopic (exact) mass is 529 g/mol. The summed E-state index contributed by atoms with van der Waals surface area (Å²) in [6, 6.07) is 7.74. The van der Waals surface area contributed by atoms with E-state index in [1.54, 1.807) is 6.07 Å². The van der Waals surface area contributed by atoms with Gasteiger partial charge in [-0.15, -0.1) is 0 Å². The molecule has 0 amide bonds. The zero-order valence-electron chi connectivity index (χ0n) is 15.2. The van der Waals surface area contributed by atoms with Gasteiger partial charge in [0.15, 0.2) is 17.3 Å². The van der Waals surface area contributed by atoms with Crippen LogP contribution in [-0.2, 0) is 6.42 Å². The van der Waals surface area contributed by atoms with Gasteiger partial charge >= 0.3 is 0 Å². The maximum absolute atomic E-state index is 15.1. The molecule has 0 aliphatic heterocycles. The van der Waals surface area contributed by atoms with Gasteiger partial charge in [-0.2, -0.15) is 5.26 Å². The first-order valence-electron chi connectivity index (χ1n) is 8.38. The molecule has 1 heterocycles. The number of alkyl halides is 2. The minimum atomic E-state index is -2.85. The van der Waals surface area contributed by atoms with Crippen LogP contribution in [0.15, 0.2) is 41.0 Å². The first-order chi connectivity index (χ1) is 14.7. The van der Waals surface area contributed by atoms with E-state index in [1.165, 1.54) is 18.2 Å². The fourth-order valence-corrected chi connectivity index (χ4v) is 3.39. The lowest BCUT2D eigenvalue weighted by Gasteiger charge is -2.13. The van der Waals surface area contributed by atoms with Gasteiger partial charge in [-0.25, -0.2) is 23.1 Å². The molecule has 0 unspecified atom stereocenters. The molecule has 3 rings (SSSR count). The van der Waals surface area contributed by atoms with Crippen LogP contribution in [0.4, 0.5) is 13.2 Å². The van der Waals surface area contributed by atoms with Crippen LogP contribution >= 0.6 is 39.1 Å². The fraction of sp³-hybridized carbons (Fsp3) is 0.100. The molecule has 0 bridgehead atoms. The van der Waals surface area contributed by atoms with Crippen molar-refractivity contribution in [1.29, 1.82) is 5.26 Å². The molecule has 0 atom stereocenters. The number of ether oxygens (including phenoxy) is 1. The molecule has 0 radical (unpaired) electrons. The Kier molecular flexibility index (Phi) is 7.15. The number of carbonyl (C=O) groups excluding carboxylic acids is 1. The molecule has 11 heteroatoms. The molecule has 0 saturated carbocycles. The van der Waals surface area contributed by atoms with E-state index >= 15 is 4.39 Å². The molecular weight excluding hydrogens is 522 g/mol. The number of halogens is 6. The molecule has 0 aliphatic rings. The van der Waals surface area contributed by atoms with Crippen LogP contribution in [0.25, 0.3) is 0 Å². The van der Waals surface area contributed by atoms with Gasteiger partial charge in [0.05, 0.1) is 21.7 Å². The number of benzene rings is 2. The predicted octanol–water partition coefficient (Wildman–Crippen LogP) is 6.71. The molecule has 1 aromatic heterocycles. The van der Waals surface area contributed by atoms with Crippen molar-refractivity contribution in [3.8, 4) is 17.6 Å². The molecule has 0 fully saturated rings. The third kappa shape index (κ3) is 5.34. The standard InChI is InChI=1S/C20H9BrCl2F3N3O2/c21-14-2-1-10(6-15(30)13-8-28-20(23)29-18(13)22)16(24)17(14)31-12-4-9(7-27)3-11(5-12)19(25)26/h1-5,8,19H,6H2. The number of rotatable bonds is 6. The van der Waals surface area contributed by atoms with E-state index in [-0.39, 0.29) is 43.1 Å². The lowest BCUT2D eigenvalue weighted by Crippen LogP contribution is -2.08. The average molecular weight is 531 g/mol. The third-order valence-electron chi connectivity index (χ3n) is 4.02. The summed E-state index contributed by atoms with van der Waals surface area (Å²) >= 11 is 14.6. The zero-order valence-corrected chi connectivity index (χ0v) is 18.3. The van der Waals surface area contributed by atoms with E-state index in [1.807, 2.05) is 0 Å². The Morgan fingerprint density at radius 2 is 2.00 bits per heavy atom. The highest BCUT2D eigenvalue weighted by Gasteiger charge is 2.20. The van der Waals surface area contributed by atoms with Gasteiger partial charge in [-0.3, -0.25) is 4.79 Å². The van der Waals surface area contributed by atoms with Crippen molar-refractivity contribution in [2.24, 2.45) is 0 Å². The molecule has 0 spiro atoms. The fourth-order valence-electron chi connectivity index (χ4n) is 2.59. The normalized spacial score (nSPS) is 10.8. The van der Waals surface area contributed by atoms with Crippen LogP contribution < -0.4 is 4.74 Å². The van der Waals surface area contributed by atoms with E-state index in [9.17, 15) is 13.6 Å². The maximum Gasteiger partial charge on any atom is 0.264 e. The summed E-state index contributed by atoms with van der Waals surface area (Å²) < 4.78 is 46.9. The van der Waals surface area contributed by atoms with Gasteiger partial charge in [0.1, 0.15) is 10.9 Å². The summed E-state index contributed by atoms with van der Waals surface area (Å²) in [6.45, 7) is 0. The van der Waals surface area contributed by atoms with Gasteiger partial charge in [-0.05, 0) is 57.4 Å². The number of hydrogen-bond donors (Lipinski definition) is 0. The highest BCUT2D eigenvalue weighted by molar-refractivity contribution is 9.10. The molecule has 3 aromatic rings. The largest absolute Gasteiger partial charge is 0.453 e. The summed E-state index contributed by atoms with van der Waals surface area (Å²) in [4.78, 5) is 19.9. The summed E-state index contributed by atoms with van der Waals surface area (Å²) in [5, 5.41) is 8.72. The van der Waals surface area contributed by atoms with Gasteiger partial charge < -0.3 is 4.74 Å². The molecule has 158 valence electrons. The highest BCUT2D eigenvalue weighted by atomic mass is 79.9. The number of nitriles is 1. The lowest BCUT2D eigenvalue weighted by molar-refractivity contribution is 0.0991. The van der Waals surface area contributed by atoms with Crippen LogP contribution in [0.1, 0.15) is 33.5 Å². The summed E-state index contributed by atoms with van der Waals surface area (Å²) in [5.74, 6) is -1.96. The van der Waals surface area contributed by atoms with Crippen LogP contribution in [0.5, 0.6) is 11.5 Å². The number of aromatic nitrogens is 2. The van der Waals surface area contributed by atoms with E-state index in [2.05, 4.69) is 25.9 Å².